The molecular weight excluding hydrogens is 337 g/mol. The van der Waals surface area contributed by atoms with Crippen LogP contribution in [-0.4, -0.2) is 30.1 Å². The molecule has 0 saturated carbocycles. The molecule has 1 heterocycles. The van der Waals surface area contributed by atoms with Gasteiger partial charge in [-0.2, -0.15) is 13.2 Å². The van der Waals surface area contributed by atoms with Gasteiger partial charge in [-0.1, -0.05) is 15.9 Å². The lowest BCUT2D eigenvalue weighted by Gasteiger charge is -2.33. The number of nitrogens with two attached hydrogens (primary N) is 1. The maximum absolute atomic E-state index is 12.6. The molecule has 7 heteroatoms. The van der Waals surface area contributed by atoms with Gasteiger partial charge in [0.15, 0.2) is 0 Å². The average molecular weight is 351 g/mol. The van der Waals surface area contributed by atoms with E-state index in [9.17, 15) is 18.0 Å². The Kier molecular flexibility index (Phi) is 4.27. The highest BCUT2D eigenvalue weighted by molar-refractivity contribution is 9.10. The van der Waals surface area contributed by atoms with Gasteiger partial charge in [0, 0.05) is 23.2 Å². The highest BCUT2D eigenvalue weighted by Crippen LogP contribution is 2.34. The summed E-state index contributed by atoms with van der Waals surface area (Å²) in [7, 11) is 0. The third-order valence-corrected chi connectivity index (χ3v) is 3.98. The lowest BCUT2D eigenvalue weighted by molar-refractivity contribution is -0.183. The Labute approximate surface area is 123 Å². The van der Waals surface area contributed by atoms with Gasteiger partial charge in [-0.05, 0) is 31.0 Å². The van der Waals surface area contributed by atoms with E-state index in [1.807, 2.05) is 0 Å². The van der Waals surface area contributed by atoms with E-state index in [2.05, 4.69) is 15.9 Å². The van der Waals surface area contributed by atoms with Crippen LogP contribution in [0, 0.1) is 5.92 Å². The fourth-order valence-electron chi connectivity index (χ4n) is 2.29. The van der Waals surface area contributed by atoms with Gasteiger partial charge in [-0.15, -0.1) is 0 Å². The Balaban J connectivity index is 2.07. The van der Waals surface area contributed by atoms with Crippen molar-refractivity contribution in [1.82, 2.24) is 4.90 Å². The summed E-state index contributed by atoms with van der Waals surface area (Å²) >= 11 is 3.25. The average Bonchev–Trinajstić information content (AvgIpc) is 2.40. The minimum atomic E-state index is -4.18. The molecular formula is C13H14BrF3N2O. The van der Waals surface area contributed by atoms with Crippen LogP contribution in [0.3, 0.4) is 0 Å². The van der Waals surface area contributed by atoms with Crippen molar-refractivity contribution < 1.29 is 18.0 Å². The Hall–Kier alpha value is -1.24. The second-order valence-electron chi connectivity index (χ2n) is 4.84. The number of carbonyl (C=O) groups excluding carboxylic acids is 1. The molecule has 1 aromatic rings. The zero-order chi connectivity index (χ0) is 14.9. The first kappa shape index (κ1) is 15.2. The van der Waals surface area contributed by atoms with Crippen LogP contribution in [0.5, 0.6) is 0 Å². The Morgan fingerprint density at radius 3 is 2.45 bits per heavy atom. The quantitative estimate of drug-likeness (QED) is 0.788. The van der Waals surface area contributed by atoms with Gasteiger partial charge in [-0.3, -0.25) is 4.79 Å². The summed E-state index contributed by atoms with van der Waals surface area (Å²) in [5.41, 5.74) is 6.40. The summed E-state index contributed by atoms with van der Waals surface area (Å²) in [4.78, 5) is 13.7. The van der Waals surface area contributed by atoms with Crippen molar-refractivity contribution >= 4 is 27.5 Å². The topological polar surface area (TPSA) is 46.3 Å². The number of rotatable bonds is 1. The lowest BCUT2D eigenvalue weighted by Crippen LogP contribution is -2.42. The van der Waals surface area contributed by atoms with Crippen molar-refractivity contribution in [3.05, 3.63) is 28.2 Å². The number of alkyl halides is 3. The standard InChI is InChI=1S/C13H14BrF3N2O/c14-9-1-2-11(18)10(7-9)12(20)19-5-3-8(4-6-19)13(15,16)17/h1-2,7-8H,3-6,18H2. The van der Waals surface area contributed by atoms with Crippen LogP contribution in [-0.2, 0) is 0 Å². The van der Waals surface area contributed by atoms with Crippen LogP contribution in [0.15, 0.2) is 22.7 Å². The highest BCUT2D eigenvalue weighted by atomic mass is 79.9. The summed E-state index contributed by atoms with van der Waals surface area (Å²) in [6.45, 7) is 0.212. The number of carbonyl (C=O) groups is 1. The molecule has 1 fully saturated rings. The van der Waals surface area contributed by atoms with Gasteiger partial charge in [0.25, 0.3) is 5.91 Å². The molecule has 3 nitrogen and oxygen atoms in total. The fourth-order valence-corrected chi connectivity index (χ4v) is 2.66. The summed E-state index contributed by atoms with van der Waals surface area (Å²) in [6, 6.07) is 4.90. The molecule has 0 aromatic heterocycles. The number of nitrogen functional groups attached to an aromatic ring is 1. The highest BCUT2D eigenvalue weighted by Gasteiger charge is 2.41. The summed E-state index contributed by atoms with van der Waals surface area (Å²) in [6.07, 6.45) is -4.28. The summed E-state index contributed by atoms with van der Waals surface area (Å²) < 4.78 is 38.4. The third-order valence-electron chi connectivity index (χ3n) is 3.49. The van der Waals surface area contributed by atoms with Crippen molar-refractivity contribution in [3.8, 4) is 0 Å². The predicted molar refractivity (Wildman–Crippen MR) is 73.2 cm³/mol. The zero-order valence-corrected chi connectivity index (χ0v) is 12.2. The van der Waals surface area contributed by atoms with E-state index < -0.39 is 12.1 Å². The van der Waals surface area contributed by atoms with Gasteiger partial charge < -0.3 is 10.6 Å². The number of nitrogens with zero attached hydrogens (tertiary/aromatic N) is 1. The Morgan fingerprint density at radius 2 is 1.90 bits per heavy atom. The minimum absolute atomic E-state index is 0.0524. The number of likely N-dealkylation sites (tertiary alicyclic amines) is 1. The van der Waals surface area contributed by atoms with Gasteiger partial charge >= 0.3 is 6.18 Å². The van der Waals surface area contributed by atoms with Crippen LogP contribution in [0.4, 0.5) is 18.9 Å². The number of benzene rings is 1. The van der Waals surface area contributed by atoms with E-state index >= 15 is 0 Å². The Bertz CT molecular complexity index is 511. The van der Waals surface area contributed by atoms with Crippen molar-refractivity contribution in [2.75, 3.05) is 18.8 Å². The smallest absolute Gasteiger partial charge is 0.391 e. The summed E-state index contributed by atoms with van der Waals surface area (Å²) in [5.74, 6) is -1.63. The van der Waals surface area contributed by atoms with Gasteiger partial charge in [0.05, 0.1) is 11.5 Å². The zero-order valence-electron chi connectivity index (χ0n) is 10.6. The molecule has 1 aromatic carbocycles. The molecule has 0 unspecified atom stereocenters. The van der Waals surface area contributed by atoms with E-state index in [1.165, 1.54) is 4.90 Å². The van der Waals surface area contributed by atoms with Crippen LogP contribution in [0.2, 0.25) is 0 Å². The molecule has 0 atom stereocenters. The molecule has 1 aliphatic rings. The maximum atomic E-state index is 12.6. The van der Waals surface area contributed by atoms with Crippen LogP contribution in [0.25, 0.3) is 0 Å². The first-order valence-corrected chi connectivity index (χ1v) is 6.99. The van der Waals surface area contributed by atoms with Crippen LogP contribution in [0.1, 0.15) is 23.2 Å². The molecule has 0 radical (unpaired) electrons. The van der Waals surface area contributed by atoms with E-state index in [0.29, 0.717) is 15.7 Å². The van der Waals surface area contributed by atoms with Gasteiger partial charge in [0.2, 0.25) is 0 Å². The third kappa shape index (κ3) is 3.26. The van der Waals surface area contributed by atoms with Crippen LogP contribution < -0.4 is 5.73 Å². The van der Waals surface area contributed by atoms with Crippen molar-refractivity contribution in [1.29, 1.82) is 0 Å². The number of hydrogen-bond donors (Lipinski definition) is 1. The van der Waals surface area contributed by atoms with Crippen molar-refractivity contribution in [3.63, 3.8) is 0 Å². The van der Waals surface area contributed by atoms with Crippen LogP contribution >= 0.6 is 15.9 Å². The van der Waals surface area contributed by atoms with Crippen molar-refractivity contribution in [2.24, 2.45) is 5.92 Å². The molecule has 20 heavy (non-hydrogen) atoms. The van der Waals surface area contributed by atoms with Crippen molar-refractivity contribution in [2.45, 2.75) is 19.0 Å². The second kappa shape index (κ2) is 5.63. The first-order valence-electron chi connectivity index (χ1n) is 6.20. The first-order chi connectivity index (χ1) is 9.29. The molecule has 1 aliphatic heterocycles. The minimum Gasteiger partial charge on any atom is -0.398 e. The number of amides is 1. The second-order valence-corrected chi connectivity index (χ2v) is 5.76. The molecule has 2 N–H and O–H groups in total. The largest absolute Gasteiger partial charge is 0.398 e. The van der Waals surface area contributed by atoms with E-state index in [1.54, 1.807) is 18.2 Å². The monoisotopic (exact) mass is 350 g/mol. The normalized spacial score (nSPS) is 17.3. The molecule has 1 saturated heterocycles. The van der Waals surface area contributed by atoms with E-state index in [-0.39, 0.29) is 31.8 Å². The SMILES string of the molecule is Nc1ccc(Br)cc1C(=O)N1CCC(C(F)(F)F)CC1. The molecule has 2 rings (SSSR count). The van der Waals surface area contributed by atoms with Gasteiger partial charge in [0.1, 0.15) is 0 Å². The number of hydrogen-bond acceptors (Lipinski definition) is 2. The van der Waals surface area contributed by atoms with E-state index in [0.717, 1.165) is 0 Å². The molecule has 110 valence electrons. The number of piperidine rings is 1. The number of halogens is 4. The molecule has 0 bridgehead atoms. The number of anilines is 1. The van der Waals surface area contributed by atoms with Gasteiger partial charge in [-0.25, -0.2) is 0 Å². The molecule has 0 spiro atoms. The molecule has 1 amide bonds. The molecule has 0 aliphatic carbocycles. The predicted octanol–water partition coefficient (Wildman–Crippen LogP) is 3.45. The lowest BCUT2D eigenvalue weighted by atomic mass is 9.95. The fraction of sp³-hybridized carbons (Fsp3) is 0.462. The summed E-state index contributed by atoms with van der Waals surface area (Å²) in [5, 5.41) is 0. The Morgan fingerprint density at radius 1 is 1.30 bits per heavy atom. The van der Waals surface area contributed by atoms with E-state index in [4.69, 9.17) is 5.73 Å². The maximum Gasteiger partial charge on any atom is 0.391 e.